The van der Waals surface area contributed by atoms with E-state index >= 15 is 0 Å². The third kappa shape index (κ3) is 4.67. The quantitative estimate of drug-likeness (QED) is 0.817. The number of nitrogens with two attached hydrogens (primary N) is 1. The van der Waals surface area contributed by atoms with Gasteiger partial charge in [0.25, 0.3) is 0 Å². The molecule has 0 aromatic heterocycles. The second kappa shape index (κ2) is 7.74. The SMILES string of the molecule is CCC(N)C(OCc1ccc(Br)cc1)c1ccc(C)cc1. The van der Waals surface area contributed by atoms with E-state index in [0.29, 0.717) is 6.61 Å². The molecular formula is C18H22BrNO. The number of rotatable bonds is 6. The lowest BCUT2D eigenvalue weighted by Crippen LogP contribution is -2.29. The number of benzene rings is 2. The molecule has 0 saturated carbocycles. The van der Waals surface area contributed by atoms with Gasteiger partial charge in [-0.05, 0) is 36.6 Å². The summed E-state index contributed by atoms with van der Waals surface area (Å²) in [6.07, 6.45) is 0.818. The van der Waals surface area contributed by atoms with Crippen LogP contribution in [0.5, 0.6) is 0 Å². The maximum Gasteiger partial charge on any atom is 0.0980 e. The third-order valence-corrected chi connectivity index (χ3v) is 4.14. The van der Waals surface area contributed by atoms with Crippen molar-refractivity contribution >= 4 is 15.9 Å². The fraction of sp³-hybridized carbons (Fsp3) is 0.333. The van der Waals surface area contributed by atoms with Crippen molar-refractivity contribution in [1.29, 1.82) is 0 Å². The van der Waals surface area contributed by atoms with Gasteiger partial charge in [0.1, 0.15) is 0 Å². The maximum absolute atomic E-state index is 6.24. The minimum atomic E-state index is -0.0701. The van der Waals surface area contributed by atoms with Crippen LogP contribution in [0, 0.1) is 6.92 Å². The van der Waals surface area contributed by atoms with Gasteiger partial charge >= 0.3 is 0 Å². The van der Waals surface area contributed by atoms with Gasteiger partial charge in [-0.3, -0.25) is 0 Å². The largest absolute Gasteiger partial charge is 0.367 e. The molecular weight excluding hydrogens is 326 g/mol. The lowest BCUT2D eigenvalue weighted by Gasteiger charge is -2.24. The van der Waals surface area contributed by atoms with Gasteiger partial charge in [-0.25, -0.2) is 0 Å². The first kappa shape index (κ1) is 16.2. The molecule has 3 heteroatoms. The molecule has 0 aliphatic carbocycles. The molecule has 0 fully saturated rings. The van der Waals surface area contributed by atoms with Gasteiger partial charge in [0, 0.05) is 10.5 Å². The Hall–Kier alpha value is -1.16. The second-order valence-corrected chi connectivity index (χ2v) is 6.26. The topological polar surface area (TPSA) is 35.2 Å². The van der Waals surface area contributed by atoms with E-state index in [-0.39, 0.29) is 12.1 Å². The summed E-state index contributed by atoms with van der Waals surface area (Å²) in [7, 11) is 0. The number of halogens is 1. The molecule has 2 aromatic carbocycles. The van der Waals surface area contributed by atoms with E-state index < -0.39 is 0 Å². The molecule has 0 saturated heterocycles. The van der Waals surface area contributed by atoms with Crippen molar-refractivity contribution in [2.75, 3.05) is 0 Å². The van der Waals surface area contributed by atoms with E-state index in [0.717, 1.165) is 22.0 Å². The van der Waals surface area contributed by atoms with Gasteiger partial charge in [-0.15, -0.1) is 0 Å². The van der Waals surface area contributed by atoms with E-state index in [9.17, 15) is 0 Å². The van der Waals surface area contributed by atoms with Crippen LogP contribution in [-0.4, -0.2) is 6.04 Å². The molecule has 0 spiro atoms. The van der Waals surface area contributed by atoms with Crippen molar-refractivity contribution in [1.82, 2.24) is 0 Å². The number of aryl methyl sites for hydroxylation is 1. The average Bonchev–Trinajstić information content (AvgIpc) is 2.50. The highest BCUT2D eigenvalue weighted by atomic mass is 79.9. The van der Waals surface area contributed by atoms with Crippen LogP contribution in [0.2, 0.25) is 0 Å². The zero-order valence-corrected chi connectivity index (χ0v) is 14.1. The van der Waals surface area contributed by atoms with Crippen molar-refractivity contribution in [3.05, 3.63) is 69.7 Å². The Morgan fingerprint density at radius 3 is 2.24 bits per heavy atom. The molecule has 2 N–H and O–H groups in total. The highest BCUT2D eigenvalue weighted by molar-refractivity contribution is 9.10. The van der Waals surface area contributed by atoms with Crippen molar-refractivity contribution in [3.63, 3.8) is 0 Å². The summed E-state index contributed by atoms with van der Waals surface area (Å²) in [5.74, 6) is 0. The number of ether oxygens (including phenoxy) is 1. The van der Waals surface area contributed by atoms with Crippen LogP contribution in [0.4, 0.5) is 0 Å². The predicted molar refractivity (Wildman–Crippen MR) is 91.1 cm³/mol. The van der Waals surface area contributed by atoms with Crippen molar-refractivity contribution in [2.24, 2.45) is 5.73 Å². The first-order chi connectivity index (χ1) is 10.1. The van der Waals surface area contributed by atoms with E-state index in [1.54, 1.807) is 0 Å². The lowest BCUT2D eigenvalue weighted by molar-refractivity contribution is 0.0212. The maximum atomic E-state index is 6.24. The lowest BCUT2D eigenvalue weighted by atomic mass is 10.00. The van der Waals surface area contributed by atoms with E-state index in [1.807, 2.05) is 12.1 Å². The molecule has 0 radical (unpaired) electrons. The van der Waals surface area contributed by atoms with Crippen LogP contribution in [-0.2, 0) is 11.3 Å². The molecule has 2 rings (SSSR count). The van der Waals surface area contributed by atoms with Gasteiger partial charge in [0.05, 0.1) is 12.7 Å². The fourth-order valence-corrected chi connectivity index (χ4v) is 2.47. The van der Waals surface area contributed by atoms with E-state index in [2.05, 4.69) is 66.2 Å². The Kier molecular flexibility index (Phi) is 5.97. The number of hydrogen-bond donors (Lipinski definition) is 1. The average molecular weight is 348 g/mol. The molecule has 0 bridgehead atoms. The molecule has 0 aliphatic rings. The Labute approximate surface area is 135 Å². The fourth-order valence-electron chi connectivity index (χ4n) is 2.20. The van der Waals surface area contributed by atoms with Crippen molar-refractivity contribution in [3.8, 4) is 0 Å². The molecule has 21 heavy (non-hydrogen) atoms. The van der Waals surface area contributed by atoms with Crippen LogP contribution in [0.3, 0.4) is 0 Å². The molecule has 2 unspecified atom stereocenters. The van der Waals surface area contributed by atoms with Gasteiger partial charge in [-0.2, -0.15) is 0 Å². The Morgan fingerprint density at radius 1 is 1.05 bits per heavy atom. The van der Waals surface area contributed by atoms with Crippen molar-refractivity contribution < 1.29 is 4.74 Å². The third-order valence-electron chi connectivity index (χ3n) is 3.61. The highest BCUT2D eigenvalue weighted by Crippen LogP contribution is 2.24. The molecule has 2 nitrogen and oxygen atoms in total. The Balaban J connectivity index is 2.09. The highest BCUT2D eigenvalue weighted by Gasteiger charge is 2.19. The van der Waals surface area contributed by atoms with Gasteiger partial charge in [-0.1, -0.05) is 64.8 Å². The zero-order chi connectivity index (χ0) is 15.2. The molecule has 2 aromatic rings. The van der Waals surface area contributed by atoms with Gasteiger partial charge in [0.15, 0.2) is 0 Å². The van der Waals surface area contributed by atoms with Crippen LogP contribution in [0.15, 0.2) is 53.0 Å². The standard InChI is InChI=1S/C18H22BrNO/c1-3-17(20)18(15-8-4-13(2)5-9-15)21-12-14-6-10-16(19)11-7-14/h4-11,17-18H,3,12,20H2,1-2H3. The van der Waals surface area contributed by atoms with Crippen molar-refractivity contribution in [2.45, 2.75) is 39.0 Å². The second-order valence-electron chi connectivity index (χ2n) is 5.34. The summed E-state index contributed by atoms with van der Waals surface area (Å²) in [5.41, 5.74) is 9.79. The summed E-state index contributed by atoms with van der Waals surface area (Å²) < 4.78 is 7.18. The monoisotopic (exact) mass is 347 g/mol. The summed E-state index contributed by atoms with van der Waals surface area (Å²) in [6, 6.07) is 16.6. The van der Waals surface area contributed by atoms with Gasteiger partial charge in [0.2, 0.25) is 0 Å². The van der Waals surface area contributed by atoms with E-state index in [1.165, 1.54) is 5.56 Å². The van der Waals surface area contributed by atoms with Crippen LogP contribution < -0.4 is 5.73 Å². The predicted octanol–water partition coefficient (Wildman–Crippen LogP) is 4.75. The molecule has 0 amide bonds. The molecule has 0 aliphatic heterocycles. The Bertz CT molecular complexity index is 550. The van der Waals surface area contributed by atoms with Gasteiger partial charge < -0.3 is 10.5 Å². The molecule has 112 valence electrons. The minimum Gasteiger partial charge on any atom is -0.367 e. The van der Waals surface area contributed by atoms with Crippen LogP contribution in [0.1, 0.15) is 36.1 Å². The summed E-state index contributed by atoms with van der Waals surface area (Å²) >= 11 is 3.44. The first-order valence-electron chi connectivity index (χ1n) is 7.28. The summed E-state index contributed by atoms with van der Waals surface area (Å²) in [4.78, 5) is 0. The number of hydrogen-bond acceptors (Lipinski definition) is 2. The van der Waals surface area contributed by atoms with E-state index in [4.69, 9.17) is 10.5 Å². The molecule has 2 atom stereocenters. The molecule has 0 heterocycles. The summed E-state index contributed by atoms with van der Waals surface area (Å²) in [5, 5.41) is 0. The zero-order valence-electron chi connectivity index (χ0n) is 12.6. The summed E-state index contributed by atoms with van der Waals surface area (Å²) in [6.45, 7) is 4.75. The Morgan fingerprint density at radius 2 is 1.67 bits per heavy atom. The van der Waals surface area contributed by atoms with Crippen LogP contribution >= 0.6 is 15.9 Å². The first-order valence-corrected chi connectivity index (χ1v) is 8.07. The normalized spacial score (nSPS) is 13.9. The smallest absolute Gasteiger partial charge is 0.0980 e. The minimum absolute atomic E-state index is 0.00292. The van der Waals surface area contributed by atoms with Crippen LogP contribution in [0.25, 0.3) is 0 Å².